The van der Waals surface area contributed by atoms with Gasteiger partial charge in [0.25, 0.3) is 0 Å². The van der Waals surface area contributed by atoms with Crippen molar-refractivity contribution in [2.45, 2.75) is 12.8 Å². The van der Waals surface area contributed by atoms with Crippen LogP contribution in [0.2, 0.25) is 0 Å². The highest BCUT2D eigenvalue weighted by atomic mass is 16.5. The molecule has 0 aliphatic rings. The van der Waals surface area contributed by atoms with E-state index in [2.05, 4.69) is 5.32 Å². The molecule has 26 heavy (non-hydrogen) atoms. The fourth-order valence-electron chi connectivity index (χ4n) is 2.21. The average Bonchev–Trinajstić information content (AvgIpc) is 2.60. The maximum Gasteiger partial charge on any atom is 0.343 e. The largest absolute Gasteiger partial charge is 0.423 e. The molecular formula is C19H22N4O3. The number of benzene rings is 2. The number of nitrogens with one attached hydrogen (secondary N) is 2. The topological polar surface area (TPSA) is 109 Å². The third-order valence-corrected chi connectivity index (χ3v) is 3.66. The minimum Gasteiger partial charge on any atom is -0.423 e. The fourth-order valence-corrected chi connectivity index (χ4v) is 2.21. The summed E-state index contributed by atoms with van der Waals surface area (Å²) in [5, 5.41) is 9.80. The van der Waals surface area contributed by atoms with Gasteiger partial charge in [-0.2, -0.15) is 0 Å². The maximum absolute atomic E-state index is 12.2. The van der Waals surface area contributed by atoms with Gasteiger partial charge in [0.15, 0.2) is 5.96 Å². The molecule has 2 aromatic carbocycles. The zero-order valence-corrected chi connectivity index (χ0v) is 14.8. The van der Waals surface area contributed by atoms with Crippen LogP contribution >= 0.6 is 0 Å². The summed E-state index contributed by atoms with van der Waals surface area (Å²) in [6.07, 6.45) is 1.07. The Morgan fingerprint density at radius 2 is 1.69 bits per heavy atom. The van der Waals surface area contributed by atoms with Crippen LogP contribution in [-0.4, -0.2) is 36.8 Å². The highest BCUT2D eigenvalue weighted by molar-refractivity contribution is 5.93. The van der Waals surface area contributed by atoms with Gasteiger partial charge in [-0.15, -0.1) is 0 Å². The first-order valence-corrected chi connectivity index (χ1v) is 8.07. The second kappa shape index (κ2) is 8.66. The predicted octanol–water partition coefficient (Wildman–Crippen LogP) is 2.23. The van der Waals surface area contributed by atoms with Crippen molar-refractivity contribution in [1.82, 2.24) is 4.90 Å². The molecule has 0 aliphatic carbocycles. The third-order valence-electron chi connectivity index (χ3n) is 3.66. The lowest BCUT2D eigenvalue weighted by Gasteiger charge is -2.10. The SMILES string of the molecule is CN(C)C(=O)CCc1ccc(OC(=O)c2ccc(NC(=N)N)cc2)cc1. The van der Waals surface area contributed by atoms with Crippen LogP contribution < -0.4 is 15.8 Å². The summed E-state index contributed by atoms with van der Waals surface area (Å²) in [5.74, 6) is -0.144. The summed E-state index contributed by atoms with van der Waals surface area (Å²) in [5.41, 5.74) is 7.25. The summed E-state index contributed by atoms with van der Waals surface area (Å²) in [6, 6.07) is 13.6. The Morgan fingerprint density at radius 1 is 1.08 bits per heavy atom. The number of aryl methyl sites for hydroxylation is 1. The number of carbonyl (C=O) groups is 2. The average molecular weight is 354 g/mol. The molecule has 0 heterocycles. The number of guanidine groups is 1. The number of rotatable bonds is 6. The maximum atomic E-state index is 12.2. The van der Waals surface area contributed by atoms with E-state index in [1.165, 1.54) is 0 Å². The molecular weight excluding hydrogens is 332 g/mol. The number of amides is 1. The van der Waals surface area contributed by atoms with Crippen LogP contribution in [0, 0.1) is 5.41 Å². The van der Waals surface area contributed by atoms with Crippen LogP contribution in [0.1, 0.15) is 22.3 Å². The predicted molar refractivity (Wildman–Crippen MR) is 100 cm³/mol. The number of esters is 1. The summed E-state index contributed by atoms with van der Waals surface area (Å²) in [6.45, 7) is 0. The molecule has 0 spiro atoms. The van der Waals surface area contributed by atoms with Crippen LogP contribution in [0.5, 0.6) is 5.75 Å². The second-order valence-corrected chi connectivity index (χ2v) is 5.94. The van der Waals surface area contributed by atoms with Crippen LogP contribution in [0.4, 0.5) is 5.69 Å². The summed E-state index contributed by atoms with van der Waals surface area (Å²) < 4.78 is 5.34. The van der Waals surface area contributed by atoms with Crippen LogP contribution in [0.3, 0.4) is 0 Å². The minimum absolute atomic E-state index is 0.0724. The lowest BCUT2D eigenvalue weighted by molar-refractivity contribution is -0.128. The van der Waals surface area contributed by atoms with Crippen molar-refractivity contribution in [3.05, 3.63) is 59.7 Å². The molecule has 0 saturated carbocycles. The zero-order chi connectivity index (χ0) is 19.1. The van der Waals surface area contributed by atoms with Crippen molar-refractivity contribution in [1.29, 1.82) is 5.41 Å². The Morgan fingerprint density at radius 3 is 2.23 bits per heavy atom. The van der Waals surface area contributed by atoms with E-state index in [1.807, 2.05) is 12.1 Å². The quantitative estimate of drug-likeness (QED) is 0.319. The molecule has 0 bridgehead atoms. The Bertz CT molecular complexity index is 783. The molecule has 0 unspecified atom stereocenters. The molecule has 4 N–H and O–H groups in total. The first-order valence-electron chi connectivity index (χ1n) is 8.07. The lowest BCUT2D eigenvalue weighted by atomic mass is 10.1. The smallest absolute Gasteiger partial charge is 0.343 e. The van der Waals surface area contributed by atoms with Gasteiger partial charge in [0.2, 0.25) is 5.91 Å². The molecule has 0 atom stereocenters. The van der Waals surface area contributed by atoms with E-state index >= 15 is 0 Å². The van der Waals surface area contributed by atoms with Crippen molar-refractivity contribution >= 4 is 23.5 Å². The number of nitrogens with two attached hydrogens (primary N) is 1. The molecule has 0 aromatic heterocycles. The molecule has 0 radical (unpaired) electrons. The molecule has 0 aliphatic heterocycles. The Kier molecular flexibility index (Phi) is 6.32. The lowest BCUT2D eigenvalue weighted by Crippen LogP contribution is -2.21. The van der Waals surface area contributed by atoms with E-state index in [9.17, 15) is 9.59 Å². The highest BCUT2D eigenvalue weighted by Gasteiger charge is 2.09. The molecule has 1 amide bonds. The monoisotopic (exact) mass is 354 g/mol. The summed E-state index contributed by atoms with van der Waals surface area (Å²) in [7, 11) is 3.46. The van der Waals surface area contributed by atoms with Crippen LogP contribution in [0.25, 0.3) is 0 Å². The van der Waals surface area contributed by atoms with E-state index in [4.69, 9.17) is 15.9 Å². The van der Waals surface area contributed by atoms with Gasteiger partial charge in [-0.05, 0) is 48.4 Å². The molecule has 0 fully saturated rings. The van der Waals surface area contributed by atoms with Gasteiger partial charge in [0, 0.05) is 26.2 Å². The first-order chi connectivity index (χ1) is 12.3. The Hall–Kier alpha value is -3.35. The zero-order valence-electron chi connectivity index (χ0n) is 14.8. The number of hydrogen-bond donors (Lipinski definition) is 3. The summed E-state index contributed by atoms with van der Waals surface area (Å²) in [4.78, 5) is 25.3. The van der Waals surface area contributed by atoms with Gasteiger partial charge in [-0.25, -0.2) is 4.79 Å². The van der Waals surface area contributed by atoms with Crippen molar-refractivity contribution in [3.63, 3.8) is 0 Å². The standard InChI is InChI=1S/C19H22N4O3/c1-23(2)17(24)12-5-13-3-10-16(11-4-13)26-18(25)14-6-8-15(9-7-14)22-19(20)21/h3-4,6-11H,5,12H2,1-2H3,(H4,20,21,22). The Balaban J connectivity index is 1.92. The molecule has 7 nitrogen and oxygen atoms in total. The van der Waals surface area contributed by atoms with E-state index in [-0.39, 0.29) is 11.9 Å². The molecule has 0 saturated heterocycles. The normalized spacial score (nSPS) is 10.1. The van der Waals surface area contributed by atoms with Crippen LogP contribution in [0.15, 0.2) is 48.5 Å². The molecule has 7 heteroatoms. The van der Waals surface area contributed by atoms with Gasteiger partial charge in [-0.1, -0.05) is 12.1 Å². The Labute approximate surface area is 152 Å². The number of anilines is 1. The van der Waals surface area contributed by atoms with Crippen molar-refractivity contribution < 1.29 is 14.3 Å². The number of ether oxygens (including phenoxy) is 1. The van der Waals surface area contributed by atoms with Gasteiger partial charge in [-0.3, -0.25) is 10.2 Å². The molecule has 2 rings (SSSR count). The third kappa shape index (κ3) is 5.62. The number of carbonyl (C=O) groups excluding carboxylic acids is 2. The van der Waals surface area contributed by atoms with Gasteiger partial charge in [0.1, 0.15) is 5.75 Å². The first kappa shape index (κ1) is 19.0. The molecule has 136 valence electrons. The second-order valence-electron chi connectivity index (χ2n) is 5.94. The van der Waals surface area contributed by atoms with Crippen LogP contribution in [-0.2, 0) is 11.2 Å². The van der Waals surface area contributed by atoms with Crippen molar-refractivity contribution in [3.8, 4) is 5.75 Å². The van der Waals surface area contributed by atoms with Crippen molar-refractivity contribution in [2.75, 3.05) is 19.4 Å². The number of hydrogen-bond acceptors (Lipinski definition) is 4. The highest BCUT2D eigenvalue weighted by Crippen LogP contribution is 2.16. The van der Waals surface area contributed by atoms with Crippen molar-refractivity contribution in [2.24, 2.45) is 5.73 Å². The van der Waals surface area contributed by atoms with E-state index in [0.29, 0.717) is 29.8 Å². The number of nitrogens with zero attached hydrogens (tertiary/aromatic N) is 1. The van der Waals surface area contributed by atoms with E-state index < -0.39 is 5.97 Å². The van der Waals surface area contributed by atoms with E-state index in [1.54, 1.807) is 55.4 Å². The van der Waals surface area contributed by atoms with Gasteiger partial charge < -0.3 is 20.7 Å². The fraction of sp³-hybridized carbons (Fsp3) is 0.211. The minimum atomic E-state index is -0.477. The summed E-state index contributed by atoms with van der Waals surface area (Å²) >= 11 is 0. The molecule has 2 aromatic rings. The van der Waals surface area contributed by atoms with Gasteiger partial charge >= 0.3 is 5.97 Å². The van der Waals surface area contributed by atoms with Gasteiger partial charge in [0.05, 0.1) is 5.56 Å². The van der Waals surface area contributed by atoms with E-state index in [0.717, 1.165) is 5.56 Å².